The van der Waals surface area contributed by atoms with Crippen LogP contribution in [0.1, 0.15) is 4.88 Å². The van der Waals surface area contributed by atoms with Crippen LogP contribution in [0.5, 0.6) is 5.75 Å². The third-order valence-electron chi connectivity index (χ3n) is 1.91. The Bertz CT molecular complexity index is 498. The molecule has 0 aliphatic rings. The molecule has 1 nitrogen and oxygen atoms in total. The molecule has 84 valence electrons. The molecule has 2 aromatic rings. The predicted octanol–water partition coefficient (Wildman–Crippen LogP) is 5.40. The molecule has 0 saturated carbocycles. The molecular formula is C11H7BrCl2OS. The van der Waals surface area contributed by atoms with Gasteiger partial charge in [0.05, 0.1) is 8.81 Å². The molecule has 0 saturated heterocycles. The number of hydrogen-bond donors (Lipinski definition) is 0. The summed E-state index contributed by atoms with van der Waals surface area (Å²) >= 11 is 16.9. The summed E-state index contributed by atoms with van der Waals surface area (Å²) in [6.45, 7) is 0.496. The van der Waals surface area contributed by atoms with Crippen LogP contribution >= 0.6 is 50.5 Å². The first-order valence-electron chi connectivity index (χ1n) is 4.48. The van der Waals surface area contributed by atoms with Gasteiger partial charge in [-0.25, -0.2) is 0 Å². The number of hydrogen-bond acceptors (Lipinski definition) is 2. The minimum Gasteiger partial charge on any atom is -0.486 e. The fourth-order valence-electron chi connectivity index (χ4n) is 1.17. The van der Waals surface area contributed by atoms with Crippen LogP contribution in [0.2, 0.25) is 10.0 Å². The van der Waals surface area contributed by atoms with Gasteiger partial charge in [-0.05, 0) is 40.2 Å². The van der Waals surface area contributed by atoms with Gasteiger partial charge < -0.3 is 4.74 Å². The lowest BCUT2D eigenvalue weighted by Gasteiger charge is -2.07. The second-order valence-corrected chi connectivity index (χ2v) is 6.38. The van der Waals surface area contributed by atoms with E-state index in [0.717, 1.165) is 8.66 Å². The van der Waals surface area contributed by atoms with Crippen molar-refractivity contribution >= 4 is 50.5 Å². The minimum atomic E-state index is 0.458. The summed E-state index contributed by atoms with van der Waals surface area (Å²) in [4.78, 5) is 1.13. The van der Waals surface area contributed by atoms with E-state index in [2.05, 4.69) is 15.9 Å². The Kier molecular flexibility index (Phi) is 4.14. The van der Waals surface area contributed by atoms with Crippen LogP contribution in [0.4, 0.5) is 0 Å². The summed E-state index contributed by atoms with van der Waals surface area (Å²) in [7, 11) is 0. The van der Waals surface area contributed by atoms with Crippen LogP contribution in [0.15, 0.2) is 34.1 Å². The van der Waals surface area contributed by atoms with Crippen molar-refractivity contribution < 1.29 is 4.74 Å². The second kappa shape index (κ2) is 5.41. The Morgan fingerprint density at radius 1 is 1.19 bits per heavy atom. The molecule has 0 unspecified atom stereocenters. The number of thiophene rings is 1. The molecule has 0 atom stereocenters. The molecule has 0 spiro atoms. The van der Waals surface area contributed by atoms with Crippen molar-refractivity contribution in [1.82, 2.24) is 0 Å². The van der Waals surface area contributed by atoms with Gasteiger partial charge in [0.2, 0.25) is 0 Å². The monoisotopic (exact) mass is 336 g/mol. The lowest BCUT2D eigenvalue weighted by Crippen LogP contribution is -1.93. The first-order valence-corrected chi connectivity index (χ1v) is 6.84. The summed E-state index contributed by atoms with van der Waals surface area (Å²) in [6, 6.07) is 9.35. The topological polar surface area (TPSA) is 9.23 Å². The molecule has 1 aromatic carbocycles. The maximum absolute atomic E-state index is 6.00. The number of halogens is 3. The molecule has 0 aliphatic carbocycles. The van der Waals surface area contributed by atoms with Crippen molar-refractivity contribution in [2.24, 2.45) is 0 Å². The van der Waals surface area contributed by atoms with Gasteiger partial charge in [0.25, 0.3) is 0 Å². The number of ether oxygens (including phenoxy) is 1. The maximum Gasteiger partial charge on any atom is 0.139 e. The van der Waals surface area contributed by atoms with Crippen LogP contribution in [0, 0.1) is 0 Å². The van der Waals surface area contributed by atoms with Crippen molar-refractivity contribution in [1.29, 1.82) is 0 Å². The highest BCUT2D eigenvalue weighted by Crippen LogP contribution is 2.32. The normalized spacial score (nSPS) is 10.4. The third-order valence-corrected chi connectivity index (χ3v) is 4.31. The highest BCUT2D eigenvalue weighted by atomic mass is 79.9. The Morgan fingerprint density at radius 3 is 2.69 bits per heavy atom. The summed E-state index contributed by atoms with van der Waals surface area (Å²) in [6.07, 6.45) is 0. The Morgan fingerprint density at radius 2 is 2.00 bits per heavy atom. The second-order valence-electron chi connectivity index (χ2n) is 3.05. The van der Waals surface area contributed by atoms with Gasteiger partial charge in [-0.1, -0.05) is 29.3 Å². The minimum absolute atomic E-state index is 0.458. The van der Waals surface area contributed by atoms with Crippen LogP contribution in [-0.2, 0) is 6.61 Å². The van der Waals surface area contributed by atoms with E-state index in [4.69, 9.17) is 27.9 Å². The molecular weight excluding hydrogens is 331 g/mol. The maximum atomic E-state index is 6.00. The molecule has 5 heteroatoms. The van der Waals surface area contributed by atoms with Crippen LogP contribution in [0.25, 0.3) is 0 Å². The highest BCUT2D eigenvalue weighted by molar-refractivity contribution is 9.11. The summed E-state index contributed by atoms with van der Waals surface area (Å²) in [5.41, 5.74) is 0. The van der Waals surface area contributed by atoms with Gasteiger partial charge in [-0.2, -0.15) is 0 Å². The van der Waals surface area contributed by atoms with E-state index in [1.54, 1.807) is 23.5 Å². The number of rotatable bonds is 3. The van der Waals surface area contributed by atoms with Crippen molar-refractivity contribution in [2.45, 2.75) is 6.61 Å². The van der Waals surface area contributed by atoms with E-state index in [1.165, 1.54) is 0 Å². The zero-order valence-electron chi connectivity index (χ0n) is 8.04. The van der Waals surface area contributed by atoms with E-state index in [0.29, 0.717) is 22.4 Å². The first kappa shape index (κ1) is 12.2. The molecule has 0 fully saturated rings. The molecule has 0 aliphatic heterocycles. The van der Waals surface area contributed by atoms with E-state index < -0.39 is 0 Å². The van der Waals surface area contributed by atoms with Crippen LogP contribution in [0.3, 0.4) is 0 Å². The molecule has 16 heavy (non-hydrogen) atoms. The lowest BCUT2D eigenvalue weighted by molar-refractivity contribution is 0.310. The van der Waals surface area contributed by atoms with Gasteiger partial charge in [0, 0.05) is 4.88 Å². The fourth-order valence-corrected chi connectivity index (χ4v) is 2.92. The van der Waals surface area contributed by atoms with Gasteiger partial charge in [-0.15, -0.1) is 11.3 Å². The number of benzene rings is 1. The predicted molar refractivity (Wildman–Crippen MR) is 72.8 cm³/mol. The molecule has 0 radical (unpaired) electrons. The van der Waals surface area contributed by atoms with E-state index >= 15 is 0 Å². The zero-order chi connectivity index (χ0) is 11.5. The van der Waals surface area contributed by atoms with Crippen molar-refractivity contribution in [2.75, 3.05) is 0 Å². The average Bonchev–Trinajstić information content (AvgIpc) is 2.67. The molecule has 1 heterocycles. The third kappa shape index (κ3) is 2.92. The van der Waals surface area contributed by atoms with Crippen molar-refractivity contribution in [3.8, 4) is 5.75 Å². The Labute approximate surface area is 116 Å². The molecule has 2 rings (SSSR count). The Hall–Kier alpha value is -0.220. The van der Waals surface area contributed by atoms with E-state index in [1.807, 2.05) is 18.2 Å². The fraction of sp³-hybridized carbons (Fsp3) is 0.0909. The van der Waals surface area contributed by atoms with Gasteiger partial charge >= 0.3 is 0 Å². The SMILES string of the molecule is Clc1cccc(OCc2ccc(Br)s2)c1Cl. The summed E-state index contributed by atoms with van der Waals surface area (Å²) in [5, 5.41) is 0.964. The van der Waals surface area contributed by atoms with Crippen LogP contribution < -0.4 is 4.74 Å². The van der Waals surface area contributed by atoms with Crippen molar-refractivity contribution in [3.63, 3.8) is 0 Å². The van der Waals surface area contributed by atoms with Gasteiger partial charge in [0.1, 0.15) is 17.4 Å². The summed E-state index contributed by atoms with van der Waals surface area (Å²) in [5.74, 6) is 0.610. The molecule has 1 aromatic heterocycles. The van der Waals surface area contributed by atoms with E-state index in [9.17, 15) is 0 Å². The largest absolute Gasteiger partial charge is 0.486 e. The van der Waals surface area contributed by atoms with Gasteiger partial charge in [-0.3, -0.25) is 0 Å². The summed E-state index contributed by atoms with van der Waals surface area (Å²) < 4.78 is 6.68. The molecule has 0 amide bonds. The smallest absolute Gasteiger partial charge is 0.139 e. The standard InChI is InChI=1S/C11H7BrCl2OS/c12-10-5-4-7(16-10)6-15-9-3-1-2-8(13)11(9)14/h1-5H,6H2. The lowest BCUT2D eigenvalue weighted by atomic mass is 10.3. The Balaban J connectivity index is 2.07. The molecule has 0 bridgehead atoms. The van der Waals surface area contributed by atoms with Gasteiger partial charge in [0.15, 0.2) is 0 Å². The zero-order valence-corrected chi connectivity index (χ0v) is 12.0. The highest BCUT2D eigenvalue weighted by Gasteiger charge is 2.06. The van der Waals surface area contributed by atoms with E-state index in [-0.39, 0.29) is 0 Å². The quantitative estimate of drug-likeness (QED) is 0.728. The first-order chi connectivity index (χ1) is 7.66. The molecule has 0 N–H and O–H groups in total. The van der Waals surface area contributed by atoms with Crippen molar-refractivity contribution in [3.05, 3.63) is 49.0 Å². The average molecular weight is 338 g/mol. The van der Waals surface area contributed by atoms with Crippen LogP contribution in [-0.4, -0.2) is 0 Å².